The second kappa shape index (κ2) is 8.27. The molecule has 1 N–H and O–H groups in total. The first-order valence-corrected chi connectivity index (χ1v) is 10.1. The molecule has 4 aromatic rings. The minimum absolute atomic E-state index is 0.165. The van der Waals surface area contributed by atoms with Crippen LogP contribution in [0.25, 0.3) is 11.1 Å². The smallest absolute Gasteiger partial charge is 0.282 e. The van der Waals surface area contributed by atoms with Crippen molar-refractivity contribution >= 4 is 34.5 Å². The summed E-state index contributed by atoms with van der Waals surface area (Å²) in [6.45, 7) is 2.04. The highest BCUT2D eigenvalue weighted by atomic mass is 32.2. The Labute approximate surface area is 175 Å². The number of oxazole rings is 1. The van der Waals surface area contributed by atoms with Gasteiger partial charge in [-0.2, -0.15) is 5.10 Å². The van der Waals surface area contributed by atoms with Crippen LogP contribution in [0.5, 0.6) is 0 Å². The first kappa shape index (κ1) is 20.1. The highest BCUT2D eigenvalue weighted by Crippen LogP contribution is 2.28. The largest absolute Gasteiger partial charge is 0.431 e. The third kappa shape index (κ3) is 4.35. The fourth-order valence-corrected chi connectivity index (χ4v) is 3.71. The minimum atomic E-state index is -2.84. The number of carbonyl (C=O) groups is 1. The number of nitrogens with one attached hydrogen (secondary N) is 1. The van der Waals surface area contributed by atoms with E-state index in [1.54, 1.807) is 18.2 Å². The molecule has 0 aliphatic heterocycles. The number of nitrogens with zero attached hydrogens (tertiary/aromatic N) is 3. The molecule has 2 heterocycles. The van der Waals surface area contributed by atoms with Gasteiger partial charge < -0.3 is 9.73 Å². The van der Waals surface area contributed by atoms with Crippen LogP contribution < -0.4 is 5.32 Å². The Balaban J connectivity index is 1.48. The second-order valence-corrected chi connectivity index (χ2v) is 7.72. The Morgan fingerprint density at radius 3 is 2.73 bits per heavy atom. The molecule has 2 aromatic heterocycles. The van der Waals surface area contributed by atoms with E-state index in [0.717, 1.165) is 5.56 Å². The van der Waals surface area contributed by atoms with Crippen LogP contribution in [0.2, 0.25) is 0 Å². The first-order valence-electron chi connectivity index (χ1n) is 9.11. The number of aromatic nitrogens is 3. The Morgan fingerprint density at radius 2 is 2.00 bits per heavy atom. The summed E-state index contributed by atoms with van der Waals surface area (Å²) >= 11 is 1.47. The Bertz CT molecular complexity index is 1200. The number of fused-ring (bicyclic) bond motifs is 1. The number of benzene rings is 2. The molecule has 0 aliphatic rings. The second-order valence-electron chi connectivity index (χ2n) is 6.79. The maximum Gasteiger partial charge on any atom is 0.282 e. The number of carbonyl (C=O) groups excluding carboxylic acids is 1. The normalized spacial score (nSPS) is 11.4. The van der Waals surface area contributed by atoms with Crippen molar-refractivity contribution in [3.05, 3.63) is 71.0 Å². The monoisotopic (exact) mass is 428 g/mol. The third-order valence-electron chi connectivity index (χ3n) is 4.42. The zero-order chi connectivity index (χ0) is 21.3. The van der Waals surface area contributed by atoms with Gasteiger partial charge in [0.1, 0.15) is 11.2 Å². The van der Waals surface area contributed by atoms with Gasteiger partial charge in [-0.05, 0) is 30.7 Å². The van der Waals surface area contributed by atoms with Crippen molar-refractivity contribution in [1.82, 2.24) is 14.8 Å². The van der Waals surface area contributed by atoms with E-state index in [9.17, 15) is 13.6 Å². The van der Waals surface area contributed by atoms with E-state index < -0.39 is 18.0 Å². The summed E-state index contributed by atoms with van der Waals surface area (Å²) in [6.07, 6.45) is -1.57. The lowest BCUT2D eigenvalue weighted by molar-refractivity contribution is 0.101. The van der Waals surface area contributed by atoms with Gasteiger partial charge in [0.25, 0.3) is 17.6 Å². The van der Waals surface area contributed by atoms with Crippen molar-refractivity contribution in [2.45, 2.75) is 24.3 Å². The van der Waals surface area contributed by atoms with Crippen molar-refractivity contribution in [2.24, 2.45) is 7.05 Å². The zero-order valence-electron chi connectivity index (χ0n) is 16.2. The summed E-state index contributed by atoms with van der Waals surface area (Å²) in [7, 11) is 1.49. The molecule has 1 amide bonds. The Hall–Kier alpha value is -3.20. The van der Waals surface area contributed by atoms with Crippen LogP contribution in [-0.2, 0) is 12.8 Å². The molecule has 9 heteroatoms. The molecule has 6 nitrogen and oxygen atoms in total. The van der Waals surface area contributed by atoms with Crippen LogP contribution in [0.4, 0.5) is 14.5 Å². The van der Waals surface area contributed by atoms with Crippen LogP contribution in [-0.4, -0.2) is 20.7 Å². The quantitative estimate of drug-likeness (QED) is 0.419. The van der Waals surface area contributed by atoms with Crippen molar-refractivity contribution < 1.29 is 18.0 Å². The van der Waals surface area contributed by atoms with E-state index in [-0.39, 0.29) is 5.56 Å². The van der Waals surface area contributed by atoms with Gasteiger partial charge >= 0.3 is 0 Å². The number of halogens is 2. The molecule has 0 saturated carbocycles. The molecule has 0 saturated heterocycles. The van der Waals surface area contributed by atoms with E-state index in [2.05, 4.69) is 39.7 Å². The summed E-state index contributed by atoms with van der Waals surface area (Å²) in [5.74, 6) is 0.0592. The number of thioether (sulfide) groups is 1. The number of anilines is 1. The predicted octanol–water partition coefficient (Wildman–Crippen LogP) is 5.35. The van der Waals surface area contributed by atoms with Gasteiger partial charge in [0.05, 0.1) is 5.56 Å². The van der Waals surface area contributed by atoms with Crippen LogP contribution >= 0.6 is 11.8 Å². The molecule has 2 aromatic carbocycles. The maximum absolute atomic E-state index is 13.1. The molecule has 0 radical (unpaired) electrons. The molecular weight excluding hydrogens is 410 g/mol. The third-order valence-corrected chi connectivity index (χ3v) is 5.32. The Kier molecular flexibility index (Phi) is 5.54. The summed E-state index contributed by atoms with van der Waals surface area (Å²) in [4.78, 5) is 16.9. The summed E-state index contributed by atoms with van der Waals surface area (Å²) in [6, 6.07) is 13.2. The van der Waals surface area contributed by atoms with Crippen molar-refractivity contribution in [2.75, 3.05) is 5.32 Å². The van der Waals surface area contributed by atoms with Crippen molar-refractivity contribution in [1.29, 1.82) is 0 Å². The topological polar surface area (TPSA) is 73.0 Å². The lowest BCUT2D eigenvalue weighted by atomic mass is 10.2. The summed E-state index contributed by atoms with van der Waals surface area (Å²) in [5.41, 5.74) is 3.22. The molecule has 0 unspecified atom stereocenters. The highest BCUT2D eigenvalue weighted by Gasteiger charge is 2.23. The average molecular weight is 428 g/mol. The van der Waals surface area contributed by atoms with Crippen LogP contribution in [0.3, 0.4) is 0 Å². The molecule has 4 rings (SSSR count). The SMILES string of the molecule is Cc1ccc(CSc2nc3cc(NC(=O)c4cn(C)nc4C(F)F)ccc3o2)cc1. The van der Waals surface area contributed by atoms with Gasteiger partial charge in [-0.3, -0.25) is 9.48 Å². The molecule has 0 bridgehead atoms. The van der Waals surface area contributed by atoms with Gasteiger partial charge in [-0.25, -0.2) is 13.8 Å². The maximum atomic E-state index is 13.1. The first-order chi connectivity index (χ1) is 14.4. The standard InChI is InChI=1S/C21H18F2N4O2S/c1-12-3-5-13(6-4-12)11-30-21-25-16-9-14(7-8-17(16)29-21)24-20(28)15-10-27(2)26-18(15)19(22)23/h3-10,19H,11H2,1-2H3,(H,24,28). The minimum Gasteiger partial charge on any atom is -0.431 e. The number of amides is 1. The van der Waals surface area contributed by atoms with E-state index in [4.69, 9.17) is 4.42 Å². The predicted molar refractivity (Wildman–Crippen MR) is 111 cm³/mol. The Morgan fingerprint density at radius 1 is 1.23 bits per heavy atom. The number of rotatable bonds is 6. The average Bonchev–Trinajstić information content (AvgIpc) is 3.30. The van der Waals surface area contributed by atoms with Gasteiger partial charge in [-0.15, -0.1) is 0 Å². The molecule has 0 aliphatic carbocycles. The molecular formula is C21H18F2N4O2S. The van der Waals surface area contributed by atoms with Crippen LogP contribution in [0, 0.1) is 6.92 Å². The summed E-state index contributed by atoms with van der Waals surface area (Å²) in [5, 5.41) is 6.78. The van der Waals surface area contributed by atoms with E-state index in [1.165, 1.54) is 35.3 Å². The molecule has 0 atom stereocenters. The summed E-state index contributed by atoms with van der Waals surface area (Å²) < 4.78 is 33.1. The zero-order valence-corrected chi connectivity index (χ0v) is 17.0. The number of hydrogen-bond donors (Lipinski definition) is 1. The van der Waals surface area contributed by atoms with Crippen LogP contribution in [0.15, 0.2) is 58.3 Å². The molecule has 30 heavy (non-hydrogen) atoms. The van der Waals surface area contributed by atoms with Gasteiger partial charge in [-0.1, -0.05) is 41.6 Å². The van der Waals surface area contributed by atoms with Gasteiger partial charge in [0.2, 0.25) is 0 Å². The fraction of sp³-hybridized carbons (Fsp3) is 0.190. The van der Waals surface area contributed by atoms with Crippen molar-refractivity contribution in [3.63, 3.8) is 0 Å². The highest BCUT2D eigenvalue weighted by molar-refractivity contribution is 7.98. The fourth-order valence-electron chi connectivity index (χ4n) is 2.92. The lowest BCUT2D eigenvalue weighted by Gasteiger charge is -2.04. The van der Waals surface area contributed by atoms with Crippen LogP contribution in [0.1, 0.15) is 33.6 Å². The van der Waals surface area contributed by atoms with E-state index >= 15 is 0 Å². The number of aryl methyl sites for hydroxylation is 2. The van der Waals surface area contributed by atoms with Gasteiger partial charge in [0, 0.05) is 24.7 Å². The molecule has 0 spiro atoms. The number of alkyl halides is 2. The number of hydrogen-bond acceptors (Lipinski definition) is 5. The van der Waals surface area contributed by atoms with Gasteiger partial charge in [0.15, 0.2) is 5.58 Å². The van der Waals surface area contributed by atoms with Crippen molar-refractivity contribution in [3.8, 4) is 0 Å². The molecule has 0 fully saturated rings. The van der Waals surface area contributed by atoms with E-state index in [0.29, 0.717) is 27.8 Å². The lowest BCUT2D eigenvalue weighted by Crippen LogP contribution is -2.13. The van der Waals surface area contributed by atoms with E-state index in [1.807, 2.05) is 6.92 Å². The molecule has 154 valence electrons.